The van der Waals surface area contributed by atoms with Gasteiger partial charge in [0, 0.05) is 0 Å². The van der Waals surface area contributed by atoms with Crippen molar-refractivity contribution in [3.63, 3.8) is 0 Å². The van der Waals surface area contributed by atoms with Crippen molar-refractivity contribution < 1.29 is 31.8 Å². The average Bonchev–Trinajstić information content (AvgIpc) is 3.20. The summed E-state index contributed by atoms with van der Waals surface area (Å²) < 4.78 is 67.3. The highest BCUT2D eigenvalue weighted by Crippen LogP contribution is 2.67. The van der Waals surface area contributed by atoms with Gasteiger partial charge < -0.3 is 10.2 Å². The van der Waals surface area contributed by atoms with Crippen LogP contribution >= 0.6 is 0 Å². The van der Waals surface area contributed by atoms with Gasteiger partial charge >= 0.3 is 6.18 Å². The van der Waals surface area contributed by atoms with E-state index in [1.807, 2.05) is 0 Å². The molecule has 5 rings (SSSR count). The van der Waals surface area contributed by atoms with Crippen LogP contribution < -0.4 is 0 Å². The first-order valence-corrected chi connectivity index (χ1v) is 15.7. The number of allylic oxidation sites excluding steroid dienone is 1. The number of hydrogen-bond donors (Lipinski definition) is 2. The minimum Gasteiger partial charge on any atom is -0.393 e. The Labute approximate surface area is 224 Å². The average molecular weight is 555 g/mol. The third-order valence-corrected chi connectivity index (χ3v) is 13.4. The molecule has 4 aliphatic rings. The largest absolute Gasteiger partial charge is 0.414 e. The van der Waals surface area contributed by atoms with Crippen LogP contribution in [0.1, 0.15) is 78.1 Å². The molecule has 212 valence electrons. The van der Waals surface area contributed by atoms with E-state index in [0.29, 0.717) is 17.8 Å². The summed E-state index contributed by atoms with van der Waals surface area (Å²) in [5.41, 5.74) is 1.35. The Morgan fingerprint density at radius 3 is 2.42 bits per heavy atom. The van der Waals surface area contributed by atoms with Crippen molar-refractivity contribution in [3.05, 3.63) is 42.0 Å². The van der Waals surface area contributed by atoms with E-state index >= 15 is 0 Å². The van der Waals surface area contributed by atoms with Gasteiger partial charge in [0.25, 0.3) is 0 Å². The molecule has 4 nitrogen and oxygen atoms in total. The molecule has 8 heteroatoms. The Morgan fingerprint density at radius 1 is 1.03 bits per heavy atom. The van der Waals surface area contributed by atoms with Crippen LogP contribution in [0.25, 0.3) is 0 Å². The van der Waals surface area contributed by atoms with E-state index in [4.69, 9.17) is 0 Å². The van der Waals surface area contributed by atoms with Crippen LogP contribution in [-0.4, -0.2) is 42.3 Å². The van der Waals surface area contributed by atoms with Gasteiger partial charge in [-0.15, -0.1) is 0 Å². The Morgan fingerprint density at radius 2 is 1.74 bits per heavy atom. The highest BCUT2D eigenvalue weighted by molar-refractivity contribution is 7.92. The highest BCUT2D eigenvalue weighted by Gasteiger charge is 2.59. The van der Waals surface area contributed by atoms with Crippen LogP contribution in [-0.2, 0) is 9.84 Å². The fourth-order valence-corrected chi connectivity index (χ4v) is 10.8. The minimum atomic E-state index is -4.86. The molecule has 0 radical (unpaired) electrons. The summed E-state index contributed by atoms with van der Waals surface area (Å²) in [5, 5.41) is 18.9. The zero-order valence-corrected chi connectivity index (χ0v) is 23.1. The summed E-state index contributed by atoms with van der Waals surface area (Å²) in [7, 11) is -4.06. The van der Waals surface area contributed by atoms with Crippen molar-refractivity contribution in [1.29, 1.82) is 0 Å². The highest BCUT2D eigenvalue weighted by atomic mass is 32.2. The number of rotatable bonds is 6. The minimum absolute atomic E-state index is 0.0104. The first kappa shape index (κ1) is 28.2. The molecular weight excluding hydrogens is 513 g/mol. The zero-order valence-electron chi connectivity index (χ0n) is 22.3. The molecule has 3 fully saturated rings. The maximum atomic E-state index is 13.6. The van der Waals surface area contributed by atoms with Crippen molar-refractivity contribution in [2.45, 2.75) is 107 Å². The smallest absolute Gasteiger partial charge is 0.393 e. The van der Waals surface area contributed by atoms with Crippen LogP contribution in [0.5, 0.6) is 0 Å². The van der Waals surface area contributed by atoms with Crippen molar-refractivity contribution in [2.75, 3.05) is 0 Å². The molecule has 0 bridgehead atoms. The second kappa shape index (κ2) is 9.91. The lowest BCUT2D eigenvalue weighted by atomic mass is 9.47. The maximum Gasteiger partial charge on any atom is 0.414 e. The summed E-state index contributed by atoms with van der Waals surface area (Å²) in [6, 6.07) is 7.69. The van der Waals surface area contributed by atoms with E-state index in [2.05, 4.69) is 19.9 Å². The number of fused-ring (bicyclic) bond motifs is 5. The molecule has 9 atom stereocenters. The van der Waals surface area contributed by atoms with Crippen LogP contribution in [0.15, 0.2) is 46.9 Å². The maximum absolute atomic E-state index is 13.6. The van der Waals surface area contributed by atoms with Crippen LogP contribution in [0.3, 0.4) is 0 Å². The number of aliphatic hydroxyl groups excluding tert-OH is 2. The third kappa shape index (κ3) is 4.77. The summed E-state index contributed by atoms with van der Waals surface area (Å²) in [6.07, 6.45) is 1.13. The van der Waals surface area contributed by atoms with Crippen molar-refractivity contribution in [3.8, 4) is 0 Å². The molecule has 0 aromatic heterocycles. The fraction of sp³-hybridized carbons (Fsp3) is 0.733. The van der Waals surface area contributed by atoms with E-state index in [9.17, 15) is 31.8 Å². The molecule has 0 aliphatic heterocycles. The van der Waals surface area contributed by atoms with Gasteiger partial charge in [0.2, 0.25) is 0 Å². The zero-order chi connectivity index (χ0) is 27.5. The van der Waals surface area contributed by atoms with Gasteiger partial charge in [0.1, 0.15) is 0 Å². The van der Waals surface area contributed by atoms with Crippen LogP contribution in [0, 0.1) is 34.5 Å². The van der Waals surface area contributed by atoms with Gasteiger partial charge in [0.05, 0.1) is 16.2 Å². The molecule has 1 aromatic carbocycles. The van der Waals surface area contributed by atoms with Crippen molar-refractivity contribution >= 4 is 9.84 Å². The lowest BCUT2D eigenvalue weighted by molar-refractivity contribution is -0.205. The fourth-order valence-electron chi connectivity index (χ4n) is 8.99. The monoisotopic (exact) mass is 554 g/mol. The number of halogens is 3. The molecule has 0 saturated heterocycles. The van der Waals surface area contributed by atoms with E-state index in [-0.39, 0.29) is 34.2 Å². The van der Waals surface area contributed by atoms with Crippen LogP contribution in [0.4, 0.5) is 13.2 Å². The summed E-state index contributed by atoms with van der Waals surface area (Å²) in [6.45, 7) is 4.60. The predicted molar refractivity (Wildman–Crippen MR) is 140 cm³/mol. The predicted octanol–water partition coefficient (Wildman–Crippen LogP) is 6.47. The molecule has 0 amide bonds. The second-order valence-corrected chi connectivity index (χ2v) is 15.2. The normalized spacial score (nSPS) is 38.9. The summed E-state index contributed by atoms with van der Waals surface area (Å²) in [5.74, 6) is 1.40. The van der Waals surface area contributed by atoms with Gasteiger partial charge in [-0.05, 0) is 111 Å². The Balaban J connectivity index is 1.41. The third-order valence-electron chi connectivity index (χ3n) is 11.2. The molecule has 4 aliphatic carbocycles. The summed E-state index contributed by atoms with van der Waals surface area (Å²) in [4.78, 5) is 0.0140. The summed E-state index contributed by atoms with van der Waals surface area (Å²) >= 11 is 0. The molecule has 0 heterocycles. The molecule has 3 saturated carbocycles. The molecule has 9 unspecified atom stereocenters. The molecule has 1 aromatic rings. The number of aliphatic hydroxyl groups is 2. The second-order valence-electron chi connectivity index (χ2n) is 13.0. The van der Waals surface area contributed by atoms with E-state index in [1.165, 1.54) is 17.7 Å². The Hall–Kier alpha value is -1.38. The molecule has 0 spiro atoms. The number of alkyl halides is 3. The molecule has 2 N–H and O–H groups in total. The topological polar surface area (TPSA) is 74.6 Å². The lowest BCUT2D eigenvalue weighted by Gasteiger charge is -2.58. The SMILES string of the molecule is CC12CCC(O)CC1=CCC1C2CCC2(C)C(CC(CC(O)C(F)(F)F)S(=O)(=O)c3ccccc3)CCC12. The van der Waals surface area contributed by atoms with Crippen molar-refractivity contribution in [1.82, 2.24) is 0 Å². The van der Waals surface area contributed by atoms with E-state index in [1.54, 1.807) is 18.2 Å². The van der Waals surface area contributed by atoms with E-state index < -0.39 is 33.8 Å². The Kier molecular flexibility index (Phi) is 7.35. The number of sulfone groups is 1. The molecular formula is C30H41F3O4S. The van der Waals surface area contributed by atoms with Gasteiger partial charge in [-0.1, -0.05) is 43.7 Å². The first-order valence-electron chi connectivity index (χ1n) is 14.2. The first-order chi connectivity index (χ1) is 17.8. The van der Waals surface area contributed by atoms with Gasteiger partial charge in [-0.25, -0.2) is 8.42 Å². The lowest BCUT2D eigenvalue weighted by Crippen LogP contribution is -2.50. The van der Waals surface area contributed by atoms with Gasteiger partial charge in [0.15, 0.2) is 15.9 Å². The number of benzene rings is 1. The van der Waals surface area contributed by atoms with E-state index in [0.717, 1.165) is 51.4 Å². The Bertz CT molecular complexity index is 1150. The standard InChI is InChI=1S/C30H41F3O4S/c1-28-14-12-21(34)16-19(28)8-10-24-25-11-9-20(29(25,2)15-13-26(24)28)17-23(18-27(35)30(31,32)33)38(36,37)22-6-4-3-5-7-22/h3-8,20-21,23-27,34-35H,9-18H2,1-2H3. The van der Waals surface area contributed by atoms with Gasteiger partial charge in [-0.2, -0.15) is 13.2 Å². The van der Waals surface area contributed by atoms with Crippen LogP contribution in [0.2, 0.25) is 0 Å². The quantitative estimate of drug-likeness (QED) is 0.395. The van der Waals surface area contributed by atoms with Crippen molar-refractivity contribution in [2.24, 2.45) is 34.5 Å². The molecule has 38 heavy (non-hydrogen) atoms. The number of hydrogen-bond acceptors (Lipinski definition) is 4. The van der Waals surface area contributed by atoms with Gasteiger partial charge in [-0.3, -0.25) is 0 Å².